The van der Waals surface area contributed by atoms with Crippen molar-refractivity contribution in [3.05, 3.63) is 0 Å². The van der Waals surface area contributed by atoms with Gasteiger partial charge in [-0.05, 0) is 0 Å². The highest BCUT2D eigenvalue weighted by atomic mass is 16.5. The van der Waals surface area contributed by atoms with Crippen molar-refractivity contribution in [1.29, 1.82) is 0 Å². The molecule has 0 atom stereocenters. The van der Waals surface area contributed by atoms with Gasteiger partial charge in [-0.25, -0.2) is 0 Å². The number of carbonyl (C=O) groups excluding carboxylic acids is 2. The Hall–Kier alpha value is -1.14. The molecule has 0 aromatic rings. The number of methoxy groups -OCH3 is 1. The summed E-state index contributed by atoms with van der Waals surface area (Å²) in [5, 5.41) is 2.53. The van der Waals surface area contributed by atoms with Gasteiger partial charge in [0.2, 0.25) is 11.8 Å². The first-order chi connectivity index (χ1) is 7.51. The number of nitrogens with one attached hydrogen (secondary N) is 1. The van der Waals surface area contributed by atoms with E-state index in [2.05, 4.69) is 5.32 Å². The second-order valence-corrected chi connectivity index (χ2v) is 3.66. The molecule has 0 aliphatic carbocycles. The average molecular weight is 231 g/mol. The molecule has 2 amide bonds. The van der Waals surface area contributed by atoms with Gasteiger partial charge in [0, 0.05) is 34.8 Å². The van der Waals surface area contributed by atoms with E-state index in [-0.39, 0.29) is 24.9 Å². The molecule has 0 rings (SSSR count). The maximum absolute atomic E-state index is 11.5. The number of carbonyl (C=O) groups is 2. The third-order valence-electron chi connectivity index (χ3n) is 2.12. The molecule has 0 saturated heterocycles. The van der Waals surface area contributed by atoms with Crippen LogP contribution in [0.5, 0.6) is 0 Å². The number of hydrogen-bond donors (Lipinski definition) is 1. The molecule has 0 heterocycles. The van der Waals surface area contributed by atoms with E-state index < -0.39 is 0 Å². The van der Waals surface area contributed by atoms with Gasteiger partial charge in [-0.2, -0.15) is 0 Å². The monoisotopic (exact) mass is 231 g/mol. The largest absolute Gasteiger partial charge is 0.383 e. The molecule has 0 radical (unpaired) electrons. The van der Waals surface area contributed by atoms with E-state index in [0.717, 1.165) is 0 Å². The van der Waals surface area contributed by atoms with Crippen LogP contribution >= 0.6 is 0 Å². The van der Waals surface area contributed by atoms with Crippen molar-refractivity contribution >= 4 is 11.8 Å². The molecule has 0 spiro atoms. The van der Waals surface area contributed by atoms with Crippen LogP contribution in [0.3, 0.4) is 0 Å². The van der Waals surface area contributed by atoms with Crippen LogP contribution in [0.1, 0.15) is 0 Å². The fourth-order valence-corrected chi connectivity index (χ4v) is 1.05. The summed E-state index contributed by atoms with van der Waals surface area (Å²) in [7, 11) is 6.55. The average Bonchev–Trinajstić information content (AvgIpc) is 2.25. The second-order valence-electron chi connectivity index (χ2n) is 3.66. The maximum atomic E-state index is 11.5. The summed E-state index contributed by atoms with van der Waals surface area (Å²) < 4.78 is 4.93. The predicted octanol–water partition coefficient (Wildman–Crippen LogP) is -1.23. The van der Waals surface area contributed by atoms with E-state index in [0.29, 0.717) is 13.2 Å². The standard InChI is InChI=1S/C10H21N3O3/c1-11-9(14)7-13(5-6-16-4)8-10(15)12(2)3/h5-8H2,1-4H3,(H,11,14). The summed E-state index contributed by atoms with van der Waals surface area (Å²) in [4.78, 5) is 26.0. The SMILES string of the molecule is CNC(=O)CN(CCOC)CC(=O)N(C)C. The highest BCUT2D eigenvalue weighted by Crippen LogP contribution is 1.91. The zero-order chi connectivity index (χ0) is 12.6. The summed E-state index contributed by atoms with van der Waals surface area (Å²) in [5.74, 6) is -0.136. The molecule has 0 aromatic carbocycles. The smallest absolute Gasteiger partial charge is 0.236 e. The first kappa shape index (κ1) is 14.9. The van der Waals surface area contributed by atoms with Gasteiger partial charge >= 0.3 is 0 Å². The van der Waals surface area contributed by atoms with Gasteiger partial charge in [-0.3, -0.25) is 14.5 Å². The summed E-state index contributed by atoms with van der Waals surface area (Å²) >= 11 is 0. The molecule has 0 bridgehead atoms. The zero-order valence-corrected chi connectivity index (χ0v) is 10.4. The Morgan fingerprint density at radius 1 is 1.25 bits per heavy atom. The molecule has 6 nitrogen and oxygen atoms in total. The van der Waals surface area contributed by atoms with Gasteiger partial charge < -0.3 is 15.0 Å². The minimum atomic E-state index is -0.109. The van der Waals surface area contributed by atoms with E-state index in [9.17, 15) is 9.59 Å². The van der Waals surface area contributed by atoms with Crippen LogP contribution in [0.25, 0.3) is 0 Å². The van der Waals surface area contributed by atoms with Gasteiger partial charge in [0.25, 0.3) is 0 Å². The van der Waals surface area contributed by atoms with Crippen LogP contribution in [-0.4, -0.2) is 76.1 Å². The third kappa shape index (κ3) is 6.36. The van der Waals surface area contributed by atoms with Crippen molar-refractivity contribution < 1.29 is 14.3 Å². The van der Waals surface area contributed by atoms with Gasteiger partial charge in [0.1, 0.15) is 0 Å². The van der Waals surface area contributed by atoms with E-state index in [1.165, 1.54) is 4.90 Å². The lowest BCUT2D eigenvalue weighted by Crippen LogP contribution is -2.43. The topological polar surface area (TPSA) is 61.9 Å². The molecule has 0 aromatic heterocycles. The molecular weight excluding hydrogens is 210 g/mol. The van der Waals surface area contributed by atoms with Gasteiger partial charge in [0.05, 0.1) is 19.7 Å². The predicted molar refractivity (Wildman–Crippen MR) is 61.1 cm³/mol. The van der Waals surface area contributed by atoms with Crippen LogP contribution in [0, 0.1) is 0 Å². The van der Waals surface area contributed by atoms with Crippen LogP contribution in [0.4, 0.5) is 0 Å². The van der Waals surface area contributed by atoms with Crippen LogP contribution in [0.2, 0.25) is 0 Å². The molecule has 0 unspecified atom stereocenters. The molecule has 0 aliphatic rings. The lowest BCUT2D eigenvalue weighted by molar-refractivity contribution is -0.131. The lowest BCUT2D eigenvalue weighted by Gasteiger charge is -2.22. The lowest BCUT2D eigenvalue weighted by atomic mass is 10.4. The van der Waals surface area contributed by atoms with Crippen LogP contribution < -0.4 is 5.32 Å². The number of ether oxygens (including phenoxy) is 1. The van der Waals surface area contributed by atoms with Crippen molar-refractivity contribution in [1.82, 2.24) is 15.1 Å². The Morgan fingerprint density at radius 3 is 2.31 bits per heavy atom. The van der Waals surface area contributed by atoms with E-state index in [4.69, 9.17) is 4.74 Å². The van der Waals surface area contributed by atoms with Crippen molar-refractivity contribution in [2.75, 3.05) is 54.5 Å². The molecule has 94 valence electrons. The first-order valence-corrected chi connectivity index (χ1v) is 5.13. The summed E-state index contributed by atoms with van der Waals surface area (Å²) in [5.41, 5.74) is 0. The minimum Gasteiger partial charge on any atom is -0.383 e. The van der Waals surface area contributed by atoms with Crippen molar-refractivity contribution in [3.63, 3.8) is 0 Å². The fourth-order valence-electron chi connectivity index (χ4n) is 1.05. The quantitative estimate of drug-likeness (QED) is 0.596. The van der Waals surface area contributed by atoms with E-state index in [1.807, 2.05) is 0 Å². The molecule has 0 saturated carbocycles. The highest BCUT2D eigenvalue weighted by molar-refractivity contribution is 5.80. The van der Waals surface area contributed by atoms with Crippen LogP contribution in [0.15, 0.2) is 0 Å². The Bertz CT molecular complexity index is 231. The van der Waals surface area contributed by atoms with E-state index >= 15 is 0 Å². The Kier molecular flexibility index (Phi) is 7.49. The summed E-state index contributed by atoms with van der Waals surface area (Å²) in [6.07, 6.45) is 0. The Morgan fingerprint density at radius 2 is 1.88 bits per heavy atom. The number of nitrogens with zero attached hydrogens (tertiary/aromatic N) is 2. The summed E-state index contributed by atoms with van der Waals surface area (Å²) in [6, 6.07) is 0. The normalized spacial score (nSPS) is 10.3. The number of hydrogen-bond acceptors (Lipinski definition) is 4. The van der Waals surface area contributed by atoms with Crippen LogP contribution in [-0.2, 0) is 14.3 Å². The van der Waals surface area contributed by atoms with Crippen molar-refractivity contribution in [2.45, 2.75) is 0 Å². The van der Waals surface area contributed by atoms with Gasteiger partial charge in [-0.15, -0.1) is 0 Å². The highest BCUT2D eigenvalue weighted by Gasteiger charge is 2.14. The number of likely N-dealkylation sites (N-methyl/N-ethyl adjacent to an activating group) is 2. The van der Waals surface area contributed by atoms with Crippen molar-refractivity contribution in [3.8, 4) is 0 Å². The molecule has 6 heteroatoms. The molecule has 0 aliphatic heterocycles. The zero-order valence-electron chi connectivity index (χ0n) is 10.4. The third-order valence-corrected chi connectivity index (χ3v) is 2.12. The minimum absolute atomic E-state index is 0.0278. The summed E-state index contributed by atoms with van der Waals surface area (Å²) in [6.45, 7) is 1.49. The molecule has 0 fully saturated rings. The Balaban J connectivity index is 4.19. The number of amides is 2. The fraction of sp³-hybridized carbons (Fsp3) is 0.800. The molecule has 1 N–H and O–H groups in total. The maximum Gasteiger partial charge on any atom is 0.236 e. The number of rotatable bonds is 7. The van der Waals surface area contributed by atoms with Crippen molar-refractivity contribution in [2.24, 2.45) is 0 Å². The molecular formula is C10H21N3O3. The molecule has 16 heavy (non-hydrogen) atoms. The Labute approximate surface area is 96.5 Å². The van der Waals surface area contributed by atoms with Gasteiger partial charge in [0.15, 0.2) is 0 Å². The second kappa shape index (κ2) is 8.06. The first-order valence-electron chi connectivity index (χ1n) is 5.13. The van der Waals surface area contributed by atoms with Gasteiger partial charge in [-0.1, -0.05) is 0 Å². The van der Waals surface area contributed by atoms with E-state index in [1.54, 1.807) is 33.2 Å².